The molecule has 0 heterocycles. The first kappa shape index (κ1) is 22.4. The Morgan fingerprint density at radius 1 is 0.931 bits per heavy atom. The zero-order valence-corrected chi connectivity index (χ0v) is 17.4. The molecule has 0 saturated heterocycles. The van der Waals surface area contributed by atoms with Crippen LogP contribution in [-0.2, 0) is 17.6 Å². The zero-order chi connectivity index (χ0) is 20.7. The monoisotopic (exact) mass is 396 g/mol. The SMILES string of the molecule is CN=C(NCCCOCCc1ccccc1)NCCc1cccc(C(=O)NC)c1. The maximum Gasteiger partial charge on any atom is 0.251 e. The van der Waals surface area contributed by atoms with E-state index < -0.39 is 0 Å². The summed E-state index contributed by atoms with van der Waals surface area (Å²) in [4.78, 5) is 16.0. The van der Waals surface area contributed by atoms with Gasteiger partial charge in [0.05, 0.1) is 6.61 Å². The third-order valence-corrected chi connectivity index (χ3v) is 4.48. The van der Waals surface area contributed by atoms with Crippen molar-refractivity contribution in [2.24, 2.45) is 4.99 Å². The lowest BCUT2D eigenvalue weighted by Crippen LogP contribution is -2.39. The van der Waals surface area contributed by atoms with Crippen LogP contribution in [0.3, 0.4) is 0 Å². The van der Waals surface area contributed by atoms with Crippen LogP contribution < -0.4 is 16.0 Å². The van der Waals surface area contributed by atoms with Crippen molar-refractivity contribution < 1.29 is 9.53 Å². The predicted octanol–water partition coefficient (Wildman–Crippen LogP) is 2.40. The van der Waals surface area contributed by atoms with Crippen LogP contribution in [0.2, 0.25) is 0 Å². The Morgan fingerprint density at radius 2 is 1.69 bits per heavy atom. The number of carbonyl (C=O) groups is 1. The molecule has 0 aromatic heterocycles. The molecule has 3 N–H and O–H groups in total. The van der Waals surface area contributed by atoms with Gasteiger partial charge in [0.15, 0.2) is 5.96 Å². The summed E-state index contributed by atoms with van der Waals surface area (Å²) >= 11 is 0. The Labute approximate surface area is 173 Å². The van der Waals surface area contributed by atoms with E-state index in [1.165, 1.54) is 5.56 Å². The maximum absolute atomic E-state index is 11.7. The molecule has 0 aliphatic rings. The zero-order valence-electron chi connectivity index (χ0n) is 17.4. The summed E-state index contributed by atoms with van der Waals surface area (Å²) in [6.45, 7) is 3.01. The number of aliphatic imine (C=N–C) groups is 1. The second-order valence-electron chi connectivity index (χ2n) is 6.66. The Hall–Kier alpha value is -2.86. The lowest BCUT2D eigenvalue weighted by atomic mass is 10.1. The van der Waals surface area contributed by atoms with Gasteiger partial charge >= 0.3 is 0 Å². The second-order valence-corrected chi connectivity index (χ2v) is 6.66. The van der Waals surface area contributed by atoms with Crippen LogP contribution in [0.4, 0.5) is 0 Å². The molecule has 6 nitrogen and oxygen atoms in total. The van der Waals surface area contributed by atoms with Crippen LogP contribution in [0.1, 0.15) is 27.9 Å². The molecule has 2 aromatic carbocycles. The molecule has 0 radical (unpaired) electrons. The van der Waals surface area contributed by atoms with Crippen molar-refractivity contribution in [2.75, 3.05) is 40.4 Å². The van der Waals surface area contributed by atoms with Crippen molar-refractivity contribution in [3.05, 3.63) is 71.3 Å². The number of nitrogens with zero attached hydrogens (tertiary/aromatic N) is 1. The average Bonchev–Trinajstić information content (AvgIpc) is 2.77. The molecule has 0 aliphatic carbocycles. The molecule has 2 aromatic rings. The molecule has 0 aliphatic heterocycles. The summed E-state index contributed by atoms with van der Waals surface area (Å²) in [5, 5.41) is 9.25. The standard InChI is InChI=1S/C23H32N4O2/c1-24-22(28)21-11-6-10-20(18-21)12-15-27-23(25-2)26-14-7-16-29-17-13-19-8-4-3-5-9-19/h3-6,8-11,18H,7,12-17H2,1-2H3,(H,24,28)(H2,25,26,27). The molecule has 1 amide bonds. The Bertz CT molecular complexity index is 762. The highest BCUT2D eigenvalue weighted by Crippen LogP contribution is 2.05. The molecular weight excluding hydrogens is 364 g/mol. The van der Waals surface area contributed by atoms with Crippen molar-refractivity contribution in [2.45, 2.75) is 19.3 Å². The molecule has 2 rings (SSSR count). The van der Waals surface area contributed by atoms with E-state index in [2.05, 4.69) is 45.2 Å². The van der Waals surface area contributed by atoms with Crippen molar-refractivity contribution >= 4 is 11.9 Å². The number of rotatable bonds is 11. The van der Waals surface area contributed by atoms with Gasteiger partial charge in [0, 0.05) is 39.4 Å². The maximum atomic E-state index is 11.7. The van der Waals surface area contributed by atoms with Gasteiger partial charge in [0.1, 0.15) is 0 Å². The third-order valence-electron chi connectivity index (χ3n) is 4.48. The minimum absolute atomic E-state index is 0.0664. The van der Waals surface area contributed by atoms with Gasteiger partial charge in [-0.3, -0.25) is 9.79 Å². The highest BCUT2D eigenvalue weighted by atomic mass is 16.5. The fourth-order valence-corrected chi connectivity index (χ4v) is 2.88. The van der Waals surface area contributed by atoms with E-state index in [4.69, 9.17) is 4.74 Å². The normalized spacial score (nSPS) is 11.2. The van der Waals surface area contributed by atoms with Gasteiger partial charge in [-0.05, 0) is 42.5 Å². The minimum atomic E-state index is -0.0664. The summed E-state index contributed by atoms with van der Waals surface area (Å²) < 4.78 is 5.70. The van der Waals surface area contributed by atoms with Gasteiger partial charge in [-0.25, -0.2) is 0 Å². The molecule has 0 atom stereocenters. The van der Waals surface area contributed by atoms with Crippen LogP contribution in [-0.4, -0.2) is 52.3 Å². The van der Waals surface area contributed by atoms with Crippen molar-refractivity contribution in [1.82, 2.24) is 16.0 Å². The van der Waals surface area contributed by atoms with Crippen molar-refractivity contribution in [1.29, 1.82) is 0 Å². The van der Waals surface area contributed by atoms with Gasteiger partial charge in [-0.2, -0.15) is 0 Å². The van der Waals surface area contributed by atoms with Gasteiger partial charge in [-0.15, -0.1) is 0 Å². The summed E-state index contributed by atoms with van der Waals surface area (Å²) in [6.07, 6.45) is 2.68. The van der Waals surface area contributed by atoms with E-state index in [9.17, 15) is 4.79 Å². The summed E-state index contributed by atoms with van der Waals surface area (Å²) in [7, 11) is 3.40. The first-order valence-electron chi connectivity index (χ1n) is 10.1. The Kier molecular flexibility index (Phi) is 10.3. The lowest BCUT2D eigenvalue weighted by molar-refractivity contribution is 0.0963. The van der Waals surface area contributed by atoms with Crippen LogP contribution >= 0.6 is 0 Å². The molecule has 0 bridgehead atoms. The third kappa shape index (κ3) is 8.79. The first-order valence-corrected chi connectivity index (χ1v) is 10.1. The number of hydrogen-bond donors (Lipinski definition) is 3. The van der Waals surface area contributed by atoms with E-state index in [-0.39, 0.29) is 5.91 Å². The van der Waals surface area contributed by atoms with E-state index in [1.54, 1.807) is 14.1 Å². The number of hydrogen-bond acceptors (Lipinski definition) is 3. The number of guanidine groups is 1. The lowest BCUT2D eigenvalue weighted by Gasteiger charge is -2.12. The molecule has 0 fully saturated rings. The van der Waals surface area contributed by atoms with Crippen LogP contribution in [0.5, 0.6) is 0 Å². The van der Waals surface area contributed by atoms with E-state index in [1.807, 2.05) is 30.3 Å². The van der Waals surface area contributed by atoms with Gasteiger partial charge < -0.3 is 20.7 Å². The predicted molar refractivity (Wildman–Crippen MR) is 118 cm³/mol. The van der Waals surface area contributed by atoms with Crippen molar-refractivity contribution in [3.63, 3.8) is 0 Å². The van der Waals surface area contributed by atoms with E-state index in [0.717, 1.165) is 57.1 Å². The number of carbonyl (C=O) groups excluding carboxylic acids is 1. The minimum Gasteiger partial charge on any atom is -0.381 e. The average molecular weight is 397 g/mol. The summed E-state index contributed by atoms with van der Waals surface area (Å²) in [5.41, 5.74) is 3.09. The van der Waals surface area contributed by atoms with E-state index in [0.29, 0.717) is 5.56 Å². The number of ether oxygens (including phenoxy) is 1. The fourth-order valence-electron chi connectivity index (χ4n) is 2.88. The van der Waals surface area contributed by atoms with Crippen LogP contribution in [0.15, 0.2) is 59.6 Å². The fraction of sp³-hybridized carbons (Fsp3) is 0.391. The largest absolute Gasteiger partial charge is 0.381 e. The van der Waals surface area contributed by atoms with Crippen molar-refractivity contribution in [3.8, 4) is 0 Å². The summed E-state index contributed by atoms with van der Waals surface area (Å²) in [6, 6.07) is 18.0. The van der Waals surface area contributed by atoms with Gasteiger partial charge in [0.25, 0.3) is 5.91 Å². The van der Waals surface area contributed by atoms with Gasteiger partial charge in [-0.1, -0.05) is 42.5 Å². The van der Waals surface area contributed by atoms with Gasteiger partial charge in [0.2, 0.25) is 0 Å². The molecule has 0 unspecified atom stereocenters. The number of benzene rings is 2. The highest BCUT2D eigenvalue weighted by Gasteiger charge is 2.04. The summed E-state index contributed by atoms with van der Waals surface area (Å²) in [5.74, 6) is 0.708. The van der Waals surface area contributed by atoms with Crippen LogP contribution in [0.25, 0.3) is 0 Å². The molecule has 6 heteroatoms. The molecular formula is C23H32N4O2. The second kappa shape index (κ2) is 13.3. The molecule has 156 valence electrons. The molecule has 29 heavy (non-hydrogen) atoms. The Balaban J connectivity index is 1.56. The molecule has 0 spiro atoms. The quantitative estimate of drug-likeness (QED) is 0.310. The highest BCUT2D eigenvalue weighted by molar-refractivity contribution is 5.94. The first-order chi connectivity index (χ1) is 14.2. The smallest absolute Gasteiger partial charge is 0.251 e. The topological polar surface area (TPSA) is 74.8 Å². The molecule has 0 saturated carbocycles. The van der Waals surface area contributed by atoms with Crippen LogP contribution in [0, 0.1) is 0 Å². The number of amides is 1. The number of nitrogens with one attached hydrogen (secondary N) is 3. The Morgan fingerprint density at radius 3 is 2.45 bits per heavy atom. The van der Waals surface area contributed by atoms with E-state index >= 15 is 0 Å².